The van der Waals surface area contributed by atoms with Crippen molar-refractivity contribution in [2.75, 3.05) is 11.9 Å². The van der Waals surface area contributed by atoms with Gasteiger partial charge in [0, 0.05) is 30.6 Å². The highest BCUT2D eigenvalue weighted by Crippen LogP contribution is 2.22. The van der Waals surface area contributed by atoms with E-state index in [0.717, 1.165) is 6.42 Å². The van der Waals surface area contributed by atoms with Gasteiger partial charge in [-0.3, -0.25) is 0 Å². The number of thiophene rings is 1. The van der Waals surface area contributed by atoms with Crippen molar-refractivity contribution in [3.8, 4) is 0 Å². The number of likely N-dealkylation sites (N-methyl/N-ethyl adjacent to an activating group) is 1. The average molecular weight is 285 g/mol. The number of hydrogen-bond acceptors (Lipinski definition) is 3. The van der Waals surface area contributed by atoms with Gasteiger partial charge in [-0.25, -0.2) is 9.37 Å². The first kappa shape index (κ1) is 13.3. The number of rotatable bonds is 4. The molecule has 2 aromatic heterocycles. The van der Waals surface area contributed by atoms with E-state index in [-0.39, 0.29) is 11.9 Å². The highest BCUT2D eigenvalue weighted by Gasteiger charge is 2.16. The van der Waals surface area contributed by atoms with Crippen LogP contribution in [0.3, 0.4) is 0 Å². The molecule has 0 saturated heterocycles. The minimum Gasteiger partial charge on any atom is -0.354 e. The normalized spacial score (nSPS) is 12.4. The molecule has 0 radical (unpaired) electrons. The highest BCUT2D eigenvalue weighted by atomic mass is 35.5. The lowest BCUT2D eigenvalue weighted by Crippen LogP contribution is -2.31. The van der Waals surface area contributed by atoms with Gasteiger partial charge in [0.15, 0.2) is 11.6 Å². The van der Waals surface area contributed by atoms with Crippen LogP contribution in [0.25, 0.3) is 0 Å². The molecule has 1 unspecified atom stereocenters. The second-order valence-electron chi connectivity index (χ2n) is 4.20. The third kappa shape index (κ3) is 3.00. The molecule has 0 saturated carbocycles. The highest BCUT2D eigenvalue weighted by molar-refractivity contribution is 7.09. The fourth-order valence-electron chi connectivity index (χ4n) is 1.73. The molecule has 0 N–H and O–H groups in total. The lowest BCUT2D eigenvalue weighted by atomic mass is 10.2. The van der Waals surface area contributed by atoms with Crippen LogP contribution in [0.5, 0.6) is 0 Å². The van der Waals surface area contributed by atoms with Crippen molar-refractivity contribution in [1.82, 2.24) is 4.98 Å². The lowest BCUT2D eigenvalue weighted by Gasteiger charge is -2.25. The van der Waals surface area contributed by atoms with Crippen LogP contribution in [-0.2, 0) is 6.42 Å². The Morgan fingerprint density at radius 1 is 1.56 bits per heavy atom. The summed E-state index contributed by atoms with van der Waals surface area (Å²) < 4.78 is 13.8. The van der Waals surface area contributed by atoms with Crippen LogP contribution in [0, 0.1) is 5.82 Å². The monoisotopic (exact) mass is 284 g/mol. The fourth-order valence-corrected chi connectivity index (χ4v) is 2.70. The molecule has 0 spiro atoms. The quantitative estimate of drug-likeness (QED) is 0.843. The summed E-state index contributed by atoms with van der Waals surface area (Å²) in [6.07, 6.45) is 2.34. The standard InChI is InChI=1S/C13H14ClFN2S/c1-9(6-11-4-3-5-18-11)17(2)13-12(15)7-10(14)8-16-13/h3-5,7-9H,6H2,1-2H3. The lowest BCUT2D eigenvalue weighted by molar-refractivity contribution is 0.595. The second kappa shape index (κ2) is 5.67. The molecule has 5 heteroatoms. The molecular weight excluding hydrogens is 271 g/mol. The first-order valence-electron chi connectivity index (χ1n) is 5.64. The smallest absolute Gasteiger partial charge is 0.167 e. The van der Waals surface area contributed by atoms with Gasteiger partial charge >= 0.3 is 0 Å². The largest absolute Gasteiger partial charge is 0.354 e. The van der Waals surface area contributed by atoms with E-state index in [4.69, 9.17) is 11.6 Å². The van der Waals surface area contributed by atoms with Crippen LogP contribution in [0.4, 0.5) is 10.2 Å². The average Bonchev–Trinajstić information content (AvgIpc) is 2.81. The Balaban J connectivity index is 2.12. The van der Waals surface area contributed by atoms with Gasteiger partial charge < -0.3 is 4.90 Å². The minimum absolute atomic E-state index is 0.173. The van der Waals surface area contributed by atoms with Crippen LogP contribution in [0.2, 0.25) is 5.02 Å². The summed E-state index contributed by atoms with van der Waals surface area (Å²) in [7, 11) is 1.84. The fraction of sp³-hybridized carbons (Fsp3) is 0.308. The van der Waals surface area contributed by atoms with E-state index in [9.17, 15) is 4.39 Å². The molecule has 0 bridgehead atoms. The Bertz CT molecular complexity index is 516. The number of nitrogens with zero attached hydrogens (tertiary/aromatic N) is 2. The van der Waals surface area contributed by atoms with Gasteiger partial charge in [0.2, 0.25) is 0 Å². The Hall–Kier alpha value is -1.13. The van der Waals surface area contributed by atoms with Gasteiger partial charge in [-0.2, -0.15) is 0 Å². The second-order valence-corrected chi connectivity index (χ2v) is 5.67. The molecule has 96 valence electrons. The first-order chi connectivity index (χ1) is 8.58. The van der Waals surface area contributed by atoms with Crippen molar-refractivity contribution in [1.29, 1.82) is 0 Å². The van der Waals surface area contributed by atoms with E-state index in [0.29, 0.717) is 10.8 Å². The van der Waals surface area contributed by atoms with Crippen LogP contribution in [0.15, 0.2) is 29.8 Å². The summed E-state index contributed by atoms with van der Waals surface area (Å²) in [6, 6.07) is 5.57. The Kier molecular flexibility index (Phi) is 4.19. The van der Waals surface area contributed by atoms with Gasteiger partial charge in [-0.05, 0) is 24.4 Å². The number of hydrogen-bond donors (Lipinski definition) is 0. The minimum atomic E-state index is -0.386. The van der Waals surface area contributed by atoms with Gasteiger partial charge in [0.25, 0.3) is 0 Å². The maximum absolute atomic E-state index is 13.8. The first-order valence-corrected chi connectivity index (χ1v) is 6.90. The SMILES string of the molecule is CC(Cc1cccs1)N(C)c1ncc(Cl)cc1F. The third-order valence-corrected chi connectivity index (χ3v) is 3.97. The third-order valence-electron chi connectivity index (χ3n) is 2.86. The van der Waals surface area contributed by atoms with Crippen LogP contribution < -0.4 is 4.90 Å². The number of halogens is 2. The Morgan fingerprint density at radius 3 is 2.94 bits per heavy atom. The summed E-state index contributed by atoms with van der Waals surface area (Å²) in [4.78, 5) is 7.17. The molecule has 1 atom stereocenters. The van der Waals surface area contributed by atoms with E-state index in [2.05, 4.69) is 18.0 Å². The van der Waals surface area contributed by atoms with Crippen molar-refractivity contribution in [2.24, 2.45) is 0 Å². The summed E-state index contributed by atoms with van der Waals surface area (Å²) in [6.45, 7) is 2.05. The molecule has 0 amide bonds. The number of pyridine rings is 1. The van der Waals surface area contributed by atoms with Crippen LogP contribution in [0.1, 0.15) is 11.8 Å². The van der Waals surface area contributed by atoms with E-state index in [1.54, 1.807) is 11.3 Å². The van der Waals surface area contributed by atoms with E-state index < -0.39 is 0 Å². The van der Waals surface area contributed by atoms with Crippen molar-refractivity contribution >= 4 is 28.8 Å². The number of anilines is 1. The zero-order chi connectivity index (χ0) is 13.1. The van der Waals surface area contributed by atoms with Gasteiger partial charge in [-0.15, -0.1) is 11.3 Å². The molecule has 0 aliphatic heterocycles. The van der Waals surface area contributed by atoms with Gasteiger partial charge in [0.05, 0.1) is 5.02 Å². The molecule has 0 aromatic carbocycles. The maximum Gasteiger partial charge on any atom is 0.167 e. The topological polar surface area (TPSA) is 16.1 Å². The van der Waals surface area contributed by atoms with E-state index >= 15 is 0 Å². The zero-order valence-corrected chi connectivity index (χ0v) is 11.8. The predicted molar refractivity (Wildman–Crippen MR) is 75.1 cm³/mol. The van der Waals surface area contributed by atoms with E-state index in [1.165, 1.54) is 17.1 Å². The van der Waals surface area contributed by atoms with Crippen LogP contribution >= 0.6 is 22.9 Å². The molecule has 18 heavy (non-hydrogen) atoms. The molecule has 0 aliphatic rings. The molecule has 2 aromatic rings. The predicted octanol–water partition coefficient (Wildman–Crippen LogP) is 4.00. The summed E-state index contributed by atoms with van der Waals surface area (Å²) >= 11 is 7.41. The van der Waals surface area contributed by atoms with Gasteiger partial charge in [-0.1, -0.05) is 17.7 Å². The molecule has 2 nitrogen and oxygen atoms in total. The van der Waals surface area contributed by atoms with Crippen molar-refractivity contribution in [3.05, 3.63) is 45.5 Å². The Labute approximate surface area is 115 Å². The van der Waals surface area contributed by atoms with E-state index in [1.807, 2.05) is 23.4 Å². The maximum atomic E-state index is 13.8. The molecular formula is C13H14ClFN2S. The van der Waals surface area contributed by atoms with Crippen molar-refractivity contribution in [3.63, 3.8) is 0 Å². The van der Waals surface area contributed by atoms with Crippen molar-refractivity contribution in [2.45, 2.75) is 19.4 Å². The zero-order valence-electron chi connectivity index (χ0n) is 10.2. The molecule has 0 fully saturated rings. The van der Waals surface area contributed by atoms with Gasteiger partial charge in [0.1, 0.15) is 0 Å². The molecule has 0 aliphatic carbocycles. The Morgan fingerprint density at radius 2 is 2.33 bits per heavy atom. The van der Waals surface area contributed by atoms with Crippen molar-refractivity contribution < 1.29 is 4.39 Å². The molecule has 2 heterocycles. The summed E-state index contributed by atoms with van der Waals surface area (Å²) in [5.74, 6) is -0.0496. The number of aromatic nitrogens is 1. The molecule has 2 rings (SSSR count). The van der Waals surface area contributed by atoms with Crippen LogP contribution in [-0.4, -0.2) is 18.1 Å². The summed E-state index contributed by atoms with van der Waals surface area (Å²) in [5, 5.41) is 2.36. The summed E-state index contributed by atoms with van der Waals surface area (Å²) in [5.41, 5.74) is 0.